The van der Waals surface area contributed by atoms with Crippen LogP contribution in [0.4, 0.5) is 11.4 Å². The highest BCUT2D eigenvalue weighted by Crippen LogP contribution is 2.56. The van der Waals surface area contributed by atoms with Crippen molar-refractivity contribution >= 4 is 58.2 Å². The normalized spacial score (nSPS) is 25.3. The van der Waals surface area contributed by atoms with Crippen molar-refractivity contribution in [1.29, 1.82) is 0 Å². The first-order valence-corrected chi connectivity index (χ1v) is 8.96. The third kappa shape index (κ3) is 2.08. The summed E-state index contributed by atoms with van der Waals surface area (Å²) < 4.78 is 0. The van der Waals surface area contributed by atoms with Gasteiger partial charge in [0.25, 0.3) is 5.91 Å². The summed E-state index contributed by atoms with van der Waals surface area (Å²) in [4.78, 5) is 26.2. The van der Waals surface area contributed by atoms with Gasteiger partial charge in [0.2, 0.25) is 10.8 Å². The lowest BCUT2D eigenvalue weighted by Gasteiger charge is -2.32. The van der Waals surface area contributed by atoms with E-state index in [4.69, 9.17) is 23.2 Å². The minimum Gasteiger partial charge on any atom is -0.323 e. The molecular weight excluding hydrogens is 367 g/mol. The quantitative estimate of drug-likeness (QED) is 0.805. The molecule has 1 spiro atoms. The molecule has 2 heterocycles. The maximum atomic E-state index is 12.9. The lowest BCUT2D eigenvalue weighted by molar-refractivity contribution is -0.122. The zero-order chi connectivity index (χ0) is 17.1. The molecule has 1 saturated heterocycles. The van der Waals surface area contributed by atoms with Crippen molar-refractivity contribution in [1.82, 2.24) is 0 Å². The van der Waals surface area contributed by atoms with Gasteiger partial charge in [-0.1, -0.05) is 41.4 Å². The summed E-state index contributed by atoms with van der Waals surface area (Å²) in [5, 5.41) is 3.35. The van der Waals surface area contributed by atoms with E-state index in [0.717, 1.165) is 11.3 Å². The molecule has 2 aliphatic rings. The summed E-state index contributed by atoms with van der Waals surface area (Å²) in [7, 11) is 0. The third-order valence-corrected chi connectivity index (χ3v) is 6.10. The molecule has 1 fully saturated rings. The van der Waals surface area contributed by atoms with E-state index >= 15 is 0 Å². The smallest absolute Gasteiger partial charge is 0.266 e. The van der Waals surface area contributed by atoms with Crippen molar-refractivity contribution < 1.29 is 9.59 Å². The number of nitrogens with zero attached hydrogens (tertiary/aromatic N) is 1. The Morgan fingerprint density at radius 1 is 1.12 bits per heavy atom. The molecule has 1 N–H and O–H groups in total. The van der Waals surface area contributed by atoms with Crippen LogP contribution in [0.5, 0.6) is 0 Å². The second-order valence-corrected chi connectivity index (χ2v) is 8.11. The molecule has 2 amide bonds. The Labute approximate surface area is 153 Å². The monoisotopic (exact) mass is 378 g/mol. The van der Waals surface area contributed by atoms with E-state index in [1.54, 1.807) is 25.1 Å². The van der Waals surface area contributed by atoms with E-state index in [1.807, 2.05) is 24.3 Å². The van der Waals surface area contributed by atoms with Gasteiger partial charge in [-0.15, -0.1) is 11.8 Å². The van der Waals surface area contributed by atoms with Crippen molar-refractivity contribution in [2.75, 3.05) is 10.2 Å². The summed E-state index contributed by atoms with van der Waals surface area (Å²) in [6, 6.07) is 12.3. The molecule has 24 heavy (non-hydrogen) atoms. The number of fused-ring (bicyclic) bond motifs is 2. The van der Waals surface area contributed by atoms with E-state index in [0.29, 0.717) is 15.7 Å². The number of hydrogen-bond donors (Lipinski definition) is 1. The number of carbonyl (C=O) groups excluding carboxylic acids is 2. The standard InChI is InChI=1S/C17H12Cl2N2O2S/c1-9-15(22)21(12-7-10(18)6-11(19)8-12)17(24-9)13-4-2-3-5-14(13)20-16(17)23/h2-9H,1H3,(H,20,23). The Morgan fingerprint density at radius 3 is 2.50 bits per heavy atom. The zero-order valence-corrected chi connectivity index (χ0v) is 14.9. The fourth-order valence-electron chi connectivity index (χ4n) is 3.23. The minimum absolute atomic E-state index is 0.148. The maximum absolute atomic E-state index is 12.9. The van der Waals surface area contributed by atoms with Crippen LogP contribution in [0.25, 0.3) is 0 Å². The molecular formula is C17H12Cl2N2O2S. The lowest BCUT2D eigenvalue weighted by Crippen LogP contribution is -2.47. The molecule has 0 aromatic heterocycles. The molecule has 2 aliphatic heterocycles. The number of amides is 2. The van der Waals surface area contributed by atoms with Gasteiger partial charge in [0.1, 0.15) is 0 Å². The zero-order valence-electron chi connectivity index (χ0n) is 12.5. The number of anilines is 2. The Bertz CT molecular complexity index is 868. The molecule has 2 atom stereocenters. The summed E-state index contributed by atoms with van der Waals surface area (Å²) in [5.41, 5.74) is 2.00. The number of benzene rings is 2. The molecule has 4 nitrogen and oxygen atoms in total. The fraction of sp³-hybridized carbons (Fsp3) is 0.176. The molecule has 2 aromatic carbocycles. The number of para-hydroxylation sites is 1. The Morgan fingerprint density at radius 2 is 1.79 bits per heavy atom. The number of halogens is 2. The molecule has 4 rings (SSSR count). The predicted octanol–water partition coefficient (Wildman–Crippen LogP) is 4.27. The third-order valence-electron chi connectivity index (χ3n) is 4.18. The van der Waals surface area contributed by atoms with Gasteiger partial charge in [0.15, 0.2) is 0 Å². The largest absolute Gasteiger partial charge is 0.323 e. The summed E-state index contributed by atoms with van der Waals surface area (Å²) in [6.07, 6.45) is 0. The second-order valence-electron chi connectivity index (χ2n) is 5.71. The van der Waals surface area contributed by atoms with Crippen LogP contribution in [-0.2, 0) is 14.5 Å². The van der Waals surface area contributed by atoms with Crippen LogP contribution in [0.1, 0.15) is 12.5 Å². The first kappa shape index (κ1) is 15.8. The molecule has 0 saturated carbocycles. The lowest BCUT2D eigenvalue weighted by atomic mass is 10.0. The van der Waals surface area contributed by atoms with Crippen LogP contribution in [0.3, 0.4) is 0 Å². The number of rotatable bonds is 1. The molecule has 0 aliphatic carbocycles. The van der Waals surface area contributed by atoms with E-state index < -0.39 is 4.87 Å². The van der Waals surface area contributed by atoms with Crippen molar-refractivity contribution in [2.45, 2.75) is 17.0 Å². The van der Waals surface area contributed by atoms with E-state index in [-0.39, 0.29) is 17.1 Å². The van der Waals surface area contributed by atoms with E-state index in [1.165, 1.54) is 16.7 Å². The van der Waals surface area contributed by atoms with Crippen molar-refractivity contribution in [3.63, 3.8) is 0 Å². The Balaban J connectivity index is 1.97. The van der Waals surface area contributed by atoms with Gasteiger partial charge >= 0.3 is 0 Å². The van der Waals surface area contributed by atoms with Crippen molar-refractivity contribution in [3.05, 3.63) is 58.1 Å². The van der Waals surface area contributed by atoms with E-state index in [9.17, 15) is 9.59 Å². The van der Waals surface area contributed by atoms with Crippen LogP contribution in [0.2, 0.25) is 10.0 Å². The van der Waals surface area contributed by atoms with Gasteiger partial charge in [-0.2, -0.15) is 0 Å². The molecule has 122 valence electrons. The number of carbonyl (C=O) groups is 2. The highest BCUT2D eigenvalue weighted by atomic mass is 35.5. The van der Waals surface area contributed by atoms with Gasteiger partial charge < -0.3 is 5.32 Å². The van der Waals surface area contributed by atoms with Crippen LogP contribution in [0.15, 0.2) is 42.5 Å². The minimum atomic E-state index is -1.14. The Hall–Kier alpha value is -1.69. The maximum Gasteiger partial charge on any atom is 0.266 e. The summed E-state index contributed by atoms with van der Waals surface area (Å²) >= 11 is 13.6. The number of nitrogens with one attached hydrogen (secondary N) is 1. The average Bonchev–Trinajstić information content (AvgIpc) is 2.94. The second kappa shape index (κ2) is 5.41. The van der Waals surface area contributed by atoms with Gasteiger partial charge in [-0.25, -0.2) is 0 Å². The molecule has 2 unspecified atom stereocenters. The molecule has 7 heteroatoms. The number of hydrogen-bond acceptors (Lipinski definition) is 3. The highest BCUT2D eigenvalue weighted by Gasteiger charge is 2.60. The fourth-order valence-corrected chi connectivity index (χ4v) is 5.23. The van der Waals surface area contributed by atoms with Crippen LogP contribution < -0.4 is 10.2 Å². The first-order valence-electron chi connectivity index (χ1n) is 7.32. The van der Waals surface area contributed by atoms with Gasteiger partial charge in [0, 0.05) is 27.0 Å². The van der Waals surface area contributed by atoms with Gasteiger partial charge in [0.05, 0.1) is 5.25 Å². The molecule has 0 bridgehead atoms. The highest BCUT2D eigenvalue weighted by molar-refractivity contribution is 8.03. The van der Waals surface area contributed by atoms with Crippen LogP contribution >= 0.6 is 35.0 Å². The average molecular weight is 379 g/mol. The SMILES string of the molecule is CC1SC2(C(=O)Nc3ccccc32)N(c2cc(Cl)cc(Cl)c2)C1=O. The van der Waals surface area contributed by atoms with Crippen molar-refractivity contribution in [2.24, 2.45) is 0 Å². The van der Waals surface area contributed by atoms with Gasteiger partial charge in [-0.3, -0.25) is 14.5 Å². The summed E-state index contributed by atoms with van der Waals surface area (Å²) in [6.45, 7) is 1.80. The van der Waals surface area contributed by atoms with Crippen LogP contribution in [0, 0.1) is 0 Å². The topological polar surface area (TPSA) is 49.4 Å². The number of thioether (sulfide) groups is 1. The van der Waals surface area contributed by atoms with Crippen LogP contribution in [-0.4, -0.2) is 17.1 Å². The Kier molecular flexibility index (Phi) is 3.56. The predicted molar refractivity (Wildman–Crippen MR) is 97.8 cm³/mol. The van der Waals surface area contributed by atoms with E-state index in [2.05, 4.69) is 5.32 Å². The van der Waals surface area contributed by atoms with Gasteiger partial charge in [-0.05, 0) is 31.2 Å². The van der Waals surface area contributed by atoms with Crippen molar-refractivity contribution in [3.8, 4) is 0 Å². The molecule has 2 aromatic rings. The first-order chi connectivity index (χ1) is 11.4. The summed E-state index contributed by atoms with van der Waals surface area (Å²) in [5.74, 6) is -0.382. The molecule has 0 radical (unpaired) electrons.